The lowest BCUT2D eigenvalue weighted by molar-refractivity contribution is 0.0737. The van der Waals surface area contributed by atoms with Gasteiger partial charge >= 0.3 is 0 Å². The predicted molar refractivity (Wildman–Crippen MR) is 136 cm³/mol. The molecule has 7 heteroatoms. The van der Waals surface area contributed by atoms with E-state index in [-0.39, 0.29) is 12.0 Å². The Morgan fingerprint density at radius 1 is 1.15 bits per heavy atom. The number of thiophene rings is 2. The van der Waals surface area contributed by atoms with Crippen molar-refractivity contribution in [3.8, 4) is 22.6 Å². The third-order valence-electron chi connectivity index (χ3n) is 6.31. The monoisotopic (exact) mass is 491 g/mol. The molecule has 2 aliphatic rings. The first kappa shape index (κ1) is 21.6. The first-order valence-electron chi connectivity index (χ1n) is 11.5. The fraction of sp³-hybridized carbons (Fsp3) is 0.296. The van der Waals surface area contributed by atoms with Gasteiger partial charge in [0.05, 0.1) is 24.6 Å². The molecule has 0 saturated carbocycles. The molecule has 6 rings (SSSR count). The topological polar surface area (TPSA) is 48.0 Å². The van der Waals surface area contributed by atoms with E-state index in [4.69, 9.17) is 14.2 Å². The molecular weight excluding hydrogens is 466 g/mol. The van der Waals surface area contributed by atoms with E-state index in [9.17, 15) is 4.79 Å². The summed E-state index contributed by atoms with van der Waals surface area (Å²) in [5.41, 5.74) is 3.22. The van der Waals surface area contributed by atoms with Gasteiger partial charge in [-0.2, -0.15) is 0 Å². The zero-order valence-electron chi connectivity index (χ0n) is 18.9. The summed E-state index contributed by atoms with van der Waals surface area (Å²) in [6.45, 7) is 4.77. The number of nitrogens with zero attached hydrogens (tertiary/aromatic N) is 1. The number of hydrogen-bond donors (Lipinski definition) is 0. The molecule has 174 valence electrons. The Hall–Kier alpha value is -2.87. The second-order valence-electron chi connectivity index (χ2n) is 8.70. The van der Waals surface area contributed by atoms with Crippen LogP contribution >= 0.6 is 22.7 Å². The number of rotatable bonds is 4. The van der Waals surface area contributed by atoms with E-state index in [2.05, 4.69) is 41.8 Å². The van der Waals surface area contributed by atoms with Crippen molar-refractivity contribution < 1.29 is 19.0 Å². The number of fused-ring (bicyclic) bond motifs is 2. The van der Waals surface area contributed by atoms with Crippen molar-refractivity contribution in [1.82, 2.24) is 4.90 Å². The van der Waals surface area contributed by atoms with Gasteiger partial charge in [-0.3, -0.25) is 4.79 Å². The maximum absolute atomic E-state index is 13.3. The van der Waals surface area contributed by atoms with Crippen molar-refractivity contribution in [3.05, 3.63) is 69.2 Å². The molecule has 1 saturated heterocycles. The standard InChI is InChI=1S/C27H25NO4S2/c1-17-6-7-25(34-17)27(29)28-9-11-31-26-19(14-28)12-18(13-23(26)32-20-8-10-30-15-20)22-16-33-24-5-3-2-4-21(22)24/h2-7,12-13,16,20H,8-11,14-15H2,1H3/t20-/m0/s1. The van der Waals surface area contributed by atoms with E-state index in [0.717, 1.165) is 38.8 Å². The van der Waals surface area contributed by atoms with Gasteiger partial charge in [0, 0.05) is 39.1 Å². The summed E-state index contributed by atoms with van der Waals surface area (Å²) in [5, 5.41) is 3.42. The van der Waals surface area contributed by atoms with Crippen molar-refractivity contribution in [2.75, 3.05) is 26.4 Å². The Morgan fingerprint density at radius 3 is 2.88 bits per heavy atom. The summed E-state index contributed by atoms with van der Waals surface area (Å²) >= 11 is 3.27. The number of amides is 1. The lowest BCUT2D eigenvalue weighted by atomic mass is 10.0. The third kappa shape index (κ3) is 4.08. The van der Waals surface area contributed by atoms with Gasteiger partial charge in [-0.25, -0.2) is 0 Å². The number of hydrogen-bond acceptors (Lipinski definition) is 6. The number of carbonyl (C=O) groups excluding carboxylic acids is 1. The summed E-state index contributed by atoms with van der Waals surface area (Å²) in [4.78, 5) is 17.0. The molecule has 0 unspecified atom stereocenters. The summed E-state index contributed by atoms with van der Waals surface area (Å²) in [6, 6.07) is 16.6. The molecule has 0 aliphatic carbocycles. The maximum Gasteiger partial charge on any atom is 0.264 e. The van der Waals surface area contributed by atoms with E-state index < -0.39 is 0 Å². The molecule has 2 aliphatic heterocycles. The first-order valence-corrected chi connectivity index (χ1v) is 13.2. The molecule has 4 heterocycles. The quantitative estimate of drug-likeness (QED) is 0.344. The lowest BCUT2D eigenvalue weighted by Gasteiger charge is -2.20. The Morgan fingerprint density at radius 2 is 2.06 bits per heavy atom. The second-order valence-corrected chi connectivity index (χ2v) is 10.9. The van der Waals surface area contributed by atoms with Gasteiger partial charge in [0.15, 0.2) is 11.5 Å². The Labute approximate surface area is 206 Å². The fourth-order valence-corrected chi connectivity index (χ4v) is 6.40. The smallest absolute Gasteiger partial charge is 0.264 e. The number of aryl methyl sites for hydroxylation is 1. The van der Waals surface area contributed by atoms with Gasteiger partial charge in [-0.15, -0.1) is 22.7 Å². The highest BCUT2D eigenvalue weighted by atomic mass is 32.1. The predicted octanol–water partition coefficient (Wildman–Crippen LogP) is 6.14. The Bertz CT molecular complexity index is 1350. The highest BCUT2D eigenvalue weighted by molar-refractivity contribution is 7.17. The zero-order chi connectivity index (χ0) is 23.1. The van der Waals surface area contributed by atoms with Crippen LogP contribution in [0.15, 0.2) is 53.9 Å². The van der Waals surface area contributed by atoms with E-state index >= 15 is 0 Å². The SMILES string of the molecule is Cc1ccc(C(=O)N2CCOc3c(cc(-c4csc5ccccc45)cc3O[C@H]3CCOC3)C2)s1. The molecule has 0 radical (unpaired) electrons. The van der Waals surface area contributed by atoms with Crippen molar-refractivity contribution in [2.45, 2.75) is 26.0 Å². The van der Waals surface area contributed by atoms with Crippen molar-refractivity contribution in [2.24, 2.45) is 0 Å². The summed E-state index contributed by atoms with van der Waals surface area (Å²) in [5.74, 6) is 1.53. The highest BCUT2D eigenvalue weighted by Crippen LogP contribution is 2.42. The Balaban J connectivity index is 1.42. The summed E-state index contributed by atoms with van der Waals surface area (Å²) in [6.07, 6.45) is 0.875. The van der Waals surface area contributed by atoms with Crippen LogP contribution in [-0.4, -0.2) is 43.3 Å². The number of ether oxygens (including phenoxy) is 3. The molecule has 1 amide bonds. The lowest BCUT2D eigenvalue weighted by Crippen LogP contribution is -2.31. The third-order valence-corrected chi connectivity index (χ3v) is 8.26. The van der Waals surface area contributed by atoms with Gasteiger partial charge in [0.25, 0.3) is 5.91 Å². The molecule has 2 aromatic carbocycles. The minimum absolute atomic E-state index is 0.0113. The van der Waals surface area contributed by atoms with E-state index in [0.29, 0.717) is 32.9 Å². The molecule has 2 aromatic heterocycles. The zero-order valence-corrected chi connectivity index (χ0v) is 20.5. The van der Waals surface area contributed by atoms with Gasteiger partial charge < -0.3 is 19.1 Å². The van der Waals surface area contributed by atoms with Crippen molar-refractivity contribution in [3.63, 3.8) is 0 Å². The van der Waals surface area contributed by atoms with E-state index in [1.54, 1.807) is 11.3 Å². The van der Waals surface area contributed by atoms with Crippen molar-refractivity contribution in [1.29, 1.82) is 0 Å². The first-order chi connectivity index (χ1) is 16.7. The van der Waals surface area contributed by atoms with Crippen molar-refractivity contribution >= 4 is 38.7 Å². The summed E-state index contributed by atoms with van der Waals surface area (Å²) in [7, 11) is 0. The second kappa shape index (κ2) is 9.06. The number of carbonyl (C=O) groups is 1. The molecular formula is C27H25NO4S2. The van der Waals surface area contributed by atoms with Crippen LogP contribution in [0.25, 0.3) is 21.2 Å². The molecule has 5 nitrogen and oxygen atoms in total. The van der Waals surface area contributed by atoms with Gasteiger partial charge in [-0.1, -0.05) is 18.2 Å². The fourth-order valence-electron chi connectivity index (χ4n) is 4.59. The molecule has 1 atom stereocenters. The van der Waals surface area contributed by atoms with Crippen LogP contribution in [0.5, 0.6) is 11.5 Å². The van der Waals surface area contributed by atoms with Crippen LogP contribution in [0, 0.1) is 6.92 Å². The van der Waals surface area contributed by atoms with Crippen LogP contribution < -0.4 is 9.47 Å². The average Bonchev–Trinajstić information content (AvgIpc) is 3.57. The van der Waals surface area contributed by atoms with E-state index in [1.165, 1.54) is 27.0 Å². The van der Waals surface area contributed by atoms with E-state index in [1.807, 2.05) is 24.0 Å². The van der Waals surface area contributed by atoms with Crippen LogP contribution in [-0.2, 0) is 11.3 Å². The molecule has 0 spiro atoms. The maximum atomic E-state index is 13.3. The molecule has 0 bridgehead atoms. The molecule has 0 N–H and O–H groups in total. The minimum Gasteiger partial charge on any atom is -0.487 e. The number of benzene rings is 2. The largest absolute Gasteiger partial charge is 0.487 e. The van der Waals surface area contributed by atoms with Crippen LogP contribution in [0.2, 0.25) is 0 Å². The molecule has 34 heavy (non-hydrogen) atoms. The van der Waals surface area contributed by atoms with Gasteiger partial charge in [-0.05, 0) is 48.2 Å². The van der Waals surface area contributed by atoms with Crippen LogP contribution in [0.3, 0.4) is 0 Å². The van der Waals surface area contributed by atoms with Gasteiger partial charge in [0.2, 0.25) is 0 Å². The normalized spacial score (nSPS) is 17.9. The minimum atomic E-state index is 0.0113. The average molecular weight is 492 g/mol. The Kier molecular flexibility index (Phi) is 5.77. The summed E-state index contributed by atoms with van der Waals surface area (Å²) < 4.78 is 19.4. The molecule has 4 aromatic rings. The van der Waals surface area contributed by atoms with Gasteiger partial charge in [0.1, 0.15) is 12.7 Å². The van der Waals surface area contributed by atoms with Crippen LogP contribution in [0.1, 0.15) is 26.5 Å². The molecule has 1 fully saturated rings. The highest BCUT2D eigenvalue weighted by Gasteiger charge is 2.27. The van der Waals surface area contributed by atoms with Crippen LogP contribution in [0.4, 0.5) is 0 Å².